The van der Waals surface area contributed by atoms with Gasteiger partial charge in [0.15, 0.2) is 0 Å². The summed E-state index contributed by atoms with van der Waals surface area (Å²) in [5, 5.41) is 0. The van der Waals surface area contributed by atoms with Crippen LogP contribution >= 0.6 is 0 Å². The van der Waals surface area contributed by atoms with Crippen LogP contribution in [0.15, 0.2) is 4.40 Å². The summed E-state index contributed by atoms with van der Waals surface area (Å²) in [5.74, 6) is -0.445. The van der Waals surface area contributed by atoms with E-state index in [0.717, 1.165) is 6.34 Å². The maximum atomic E-state index is 12.1. The predicted molar refractivity (Wildman–Crippen MR) is 75.3 cm³/mol. The molecule has 0 unspecified atom stereocenters. The van der Waals surface area contributed by atoms with Crippen LogP contribution in [0.4, 0.5) is 13.2 Å². The molecule has 0 aromatic heterocycles. The molecule has 0 saturated carbocycles. The van der Waals surface area contributed by atoms with E-state index >= 15 is 0 Å². The molecule has 0 amide bonds. The van der Waals surface area contributed by atoms with Gasteiger partial charge < -0.3 is 4.90 Å². The fourth-order valence-electron chi connectivity index (χ4n) is 1.00. The number of rotatable bonds is 8. The van der Waals surface area contributed by atoms with E-state index in [4.69, 9.17) is 0 Å². The Balaban J connectivity index is 4.68. The van der Waals surface area contributed by atoms with Gasteiger partial charge in [0.25, 0.3) is 10.0 Å². The van der Waals surface area contributed by atoms with Gasteiger partial charge in [0, 0.05) is 14.1 Å². The average molecular weight is 368 g/mol. The minimum absolute atomic E-state index is 0.118. The first-order valence-corrected chi connectivity index (χ1v) is 9.00. The van der Waals surface area contributed by atoms with Gasteiger partial charge in [0.05, 0.1) is 12.4 Å². The van der Waals surface area contributed by atoms with Gasteiger partial charge in [-0.25, -0.2) is 8.42 Å². The summed E-state index contributed by atoms with van der Waals surface area (Å²) in [6.07, 6.45) is 0.959. The molecule has 0 aromatic rings. The summed E-state index contributed by atoms with van der Waals surface area (Å²) < 4.78 is 88.4. The van der Waals surface area contributed by atoms with E-state index in [1.165, 1.54) is 18.7 Å². The van der Waals surface area contributed by atoms with E-state index in [1.54, 1.807) is 14.1 Å². The third kappa shape index (κ3) is 7.94. The van der Waals surface area contributed by atoms with Crippen molar-refractivity contribution in [3.63, 3.8) is 0 Å². The standard InChI is InChI=1S/C10H19F3N2O5S2/c1-9(2,7-20-22(18,19)10(11,12)13)5-6-21(16,17)14-8-15(3)4/h8H,5-7H2,1-4H3/b14-8+. The lowest BCUT2D eigenvalue weighted by Crippen LogP contribution is -2.31. The minimum atomic E-state index is -5.69. The molecule has 22 heavy (non-hydrogen) atoms. The Bertz CT molecular complexity index is 595. The first-order valence-electron chi connectivity index (χ1n) is 5.98. The van der Waals surface area contributed by atoms with Crippen LogP contribution in [0.2, 0.25) is 0 Å². The highest BCUT2D eigenvalue weighted by Gasteiger charge is 2.48. The number of nitrogens with zero attached hydrogens (tertiary/aromatic N) is 2. The van der Waals surface area contributed by atoms with Crippen LogP contribution < -0.4 is 0 Å². The van der Waals surface area contributed by atoms with Crippen LogP contribution in [0.1, 0.15) is 20.3 Å². The number of hydrogen-bond donors (Lipinski definition) is 0. The molecule has 0 spiro atoms. The lowest BCUT2D eigenvalue weighted by atomic mass is 9.92. The molecule has 0 N–H and O–H groups in total. The van der Waals surface area contributed by atoms with E-state index in [0.29, 0.717) is 0 Å². The van der Waals surface area contributed by atoms with Gasteiger partial charge in [-0.15, -0.1) is 0 Å². The van der Waals surface area contributed by atoms with Crippen molar-refractivity contribution in [1.82, 2.24) is 4.90 Å². The van der Waals surface area contributed by atoms with Gasteiger partial charge in [-0.2, -0.15) is 26.0 Å². The zero-order valence-corrected chi connectivity index (χ0v) is 14.2. The normalized spacial score (nSPS) is 14.5. The fourth-order valence-corrected chi connectivity index (χ4v) is 2.86. The highest BCUT2D eigenvalue weighted by atomic mass is 32.2. The Hall–Kier alpha value is -0.880. The molecule has 0 heterocycles. The monoisotopic (exact) mass is 368 g/mol. The smallest absolute Gasteiger partial charge is 0.368 e. The quantitative estimate of drug-likeness (QED) is 0.276. The summed E-state index contributed by atoms with van der Waals surface area (Å²) in [4.78, 5) is 1.40. The third-order valence-corrected chi connectivity index (χ3v) is 4.49. The van der Waals surface area contributed by atoms with E-state index < -0.39 is 43.4 Å². The van der Waals surface area contributed by atoms with Crippen LogP contribution in [-0.2, 0) is 24.3 Å². The van der Waals surface area contributed by atoms with Crippen LogP contribution in [-0.4, -0.2) is 60.0 Å². The summed E-state index contributed by atoms with van der Waals surface area (Å²) in [6.45, 7) is 2.00. The van der Waals surface area contributed by atoms with Crippen molar-refractivity contribution in [3.8, 4) is 0 Å². The molecular weight excluding hydrogens is 349 g/mol. The van der Waals surface area contributed by atoms with Crippen molar-refractivity contribution in [2.45, 2.75) is 25.8 Å². The minimum Gasteiger partial charge on any atom is -0.368 e. The van der Waals surface area contributed by atoms with Crippen LogP contribution in [0, 0.1) is 5.41 Å². The molecule has 7 nitrogen and oxygen atoms in total. The molecular formula is C10H19F3N2O5S2. The maximum absolute atomic E-state index is 12.1. The average Bonchev–Trinajstić information content (AvgIpc) is 2.31. The molecule has 0 fully saturated rings. The Morgan fingerprint density at radius 3 is 2.05 bits per heavy atom. The van der Waals surface area contributed by atoms with E-state index in [-0.39, 0.29) is 6.42 Å². The van der Waals surface area contributed by atoms with Crippen molar-refractivity contribution in [2.24, 2.45) is 9.81 Å². The van der Waals surface area contributed by atoms with Gasteiger partial charge in [0.1, 0.15) is 6.34 Å². The molecule has 12 heteroatoms. The lowest BCUT2D eigenvalue weighted by Gasteiger charge is -2.23. The zero-order valence-electron chi connectivity index (χ0n) is 12.6. The SMILES string of the molecule is CN(C)/C=N/S(=O)(=O)CCC(C)(C)COS(=O)(=O)C(F)(F)F. The molecule has 0 aromatic carbocycles. The Morgan fingerprint density at radius 2 is 1.64 bits per heavy atom. The number of halogens is 3. The largest absolute Gasteiger partial charge is 0.523 e. The first-order chi connectivity index (χ1) is 9.58. The van der Waals surface area contributed by atoms with Crippen molar-refractivity contribution in [3.05, 3.63) is 0 Å². The Labute approximate surface area is 128 Å². The van der Waals surface area contributed by atoms with Crippen LogP contribution in [0.3, 0.4) is 0 Å². The highest BCUT2D eigenvalue weighted by molar-refractivity contribution is 7.90. The van der Waals surface area contributed by atoms with Gasteiger partial charge in [-0.05, 0) is 11.8 Å². The molecule has 132 valence electrons. The molecule has 0 rings (SSSR count). The third-order valence-electron chi connectivity index (χ3n) is 2.36. The van der Waals surface area contributed by atoms with Crippen molar-refractivity contribution >= 4 is 26.5 Å². The zero-order chi connectivity index (χ0) is 17.8. The Morgan fingerprint density at radius 1 is 1.14 bits per heavy atom. The maximum Gasteiger partial charge on any atom is 0.523 e. The molecule has 0 bridgehead atoms. The second-order valence-corrected chi connectivity index (χ2v) is 8.94. The topological polar surface area (TPSA) is 93.1 Å². The van der Waals surface area contributed by atoms with E-state index in [9.17, 15) is 30.0 Å². The highest BCUT2D eigenvalue weighted by Crippen LogP contribution is 2.28. The molecule has 0 aliphatic heterocycles. The summed E-state index contributed by atoms with van der Waals surface area (Å²) in [6, 6.07) is 0. The molecule has 0 aliphatic carbocycles. The van der Waals surface area contributed by atoms with Gasteiger partial charge in [-0.3, -0.25) is 4.18 Å². The summed E-state index contributed by atoms with van der Waals surface area (Å²) in [5.41, 5.74) is -6.61. The van der Waals surface area contributed by atoms with Crippen molar-refractivity contribution < 1.29 is 34.2 Å². The van der Waals surface area contributed by atoms with E-state index in [1.807, 2.05) is 0 Å². The van der Waals surface area contributed by atoms with Crippen molar-refractivity contribution in [1.29, 1.82) is 0 Å². The molecule has 0 aliphatic rings. The lowest BCUT2D eigenvalue weighted by molar-refractivity contribution is -0.0561. The summed E-state index contributed by atoms with van der Waals surface area (Å²) >= 11 is 0. The van der Waals surface area contributed by atoms with Gasteiger partial charge in [0.2, 0.25) is 0 Å². The van der Waals surface area contributed by atoms with Gasteiger partial charge in [-0.1, -0.05) is 13.8 Å². The molecule has 0 radical (unpaired) electrons. The predicted octanol–water partition coefficient (Wildman–Crippen LogP) is 1.19. The van der Waals surface area contributed by atoms with Crippen LogP contribution in [0.25, 0.3) is 0 Å². The second-order valence-electron chi connectivity index (χ2n) is 5.55. The molecule has 0 saturated heterocycles. The fraction of sp³-hybridized carbons (Fsp3) is 0.900. The second kappa shape index (κ2) is 7.13. The number of alkyl halides is 3. The number of sulfonamides is 1. The number of hydrogen-bond acceptors (Lipinski definition) is 5. The van der Waals surface area contributed by atoms with E-state index in [2.05, 4.69) is 8.58 Å². The molecule has 0 atom stereocenters. The first kappa shape index (κ1) is 21.1. The van der Waals surface area contributed by atoms with Crippen LogP contribution in [0.5, 0.6) is 0 Å². The Kier molecular flexibility index (Phi) is 6.84. The van der Waals surface area contributed by atoms with Crippen molar-refractivity contribution in [2.75, 3.05) is 26.5 Å². The summed E-state index contributed by atoms with van der Waals surface area (Å²) in [7, 11) is -6.35. The van der Waals surface area contributed by atoms with Gasteiger partial charge >= 0.3 is 15.6 Å².